The van der Waals surface area contributed by atoms with Crippen LogP contribution in [0.2, 0.25) is 0 Å². The van der Waals surface area contributed by atoms with Gasteiger partial charge in [0.1, 0.15) is 0 Å². The van der Waals surface area contributed by atoms with Crippen LogP contribution >= 0.6 is 11.3 Å². The summed E-state index contributed by atoms with van der Waals surface area (Å²) in [6, 6.07) is 0. The third kappa shape index (κ3) is 3.18. The summed E-state index contributed by atoms with van der Waals surface area (Å²) in [6.45, 7) is 7.34. The quantitative estimate of drug-likeness (QED) is 0.847. The monoisotopic (exact) mass is 280 g/mol. The minimum atomic E-state index is 0.471. The predicted octanol–water partition coefficient (Wildman–Crippen LogP) is 3.10. The average molecular weight is 280 g/mol. The molecule has 1 aromatic heterocycles. The van der Waals surface area contributed by atoms with Gasteiger partial charge >= 0.3 is 0 Å². The summed E-state index contributed by atoms with van der Waals surface area (Å²) in [5.74, 6) is 0. The molecule has 0 aromatic carbocycles. The van der Waals surface area contributed by atoms with Crippen LogP contribution in [0.4, 0.5) is 0 Å². The third-order valence-corrected chi connectivity index (χ3v) is 5.34. The van der Waals surface area contributed by atoms with Crippen LogP contribution in [0.15, 0.2) is 5.38 Å². The van der Waals surface area contributed by atoms with E-state index in [2.05, 4.69) is 17.2 Å². The van der Waals surface area contributed by atoms with E-state index in [4.69, 9.17) is 9.72 Å². The van der Waals surface area contributed by atoms with E-state index in [0.29, 0.717) is 5.41 Å². The zero-order valence-corrected chi connectivity index (χ0v) is 12.7. The first-order valence-corrected chi connectivity index (χ1v) is 8.41. The van der Waals surface area contributed by atoms with E-state index >= 15 is 0 Å². The summed E-state index contributed by atoms with van der Waals surface area (Å²) >= 11 is 1.82. The van der Waals surface area contributed by atoms with Gasteiger partial charge in [-0.1, -0.05) is 13.3 Å². The van der Waals surface area contributed by atoms with Crippen molar-refractivity contribution in [2.24, 2.45) is 5.41 Å². The summed E-state index contributed by atoms with van der Waals surface area (Å²) in [7, 11) is 0. The molecule has 1 saturated heterocycles. The second kappa shape index (κ2) is 5.90. The number of rotatable bonds is 4. The molecule has 4 heteroatoms. The Bertz CT molecular complexity index is 414. The summed E-state index contributed by atoms with van der Waals surface area (Å²) in [5.41, 5.74) is 1.73. The molecule has 2 fully saturated rings. The minimum absolute atomic E-state index is 0.471. The highest BCUT2D eigenvalue weighted by atomic mass is 32.1. The number of hydrogen-bond acceptors (Lipinski definition) is 4. The molecule has 0 radical (unpaired) electrons. The average Bonchev–Trinajstić information content (AvgIpc) is 2.67. The number of nitrogens with zero attached hydrogens (tertiary/aromatic N) is 2. The van der Waals surface area contributed by atoms with Gasteiger partial charge in [0.2, 0.25) is 0 Å². The molecule has 1 aliphatic heterocycles. The minimum Gasteiger partial charge on any atom is -0.379 e. The largest absolute Gasteiger partial charge is 0.379 e. The summed E-state index contributed by atoms with van der Waals surface area (Å²) in [5, 5.41) is 3.53. The third-order valence-electron chi connectivity index (χ3n) is 4.38. The van der Waals surface area contributed by atoms with E-state index in [1.54, 1.807) is 0 Å². The molecule has 1 aliphatic carbocycles. The maximum atomic E-state index is 5.80. The van der Waals surface area contributed by atoms with E-state index in [0.717, 1.165) is 32.7 Å². The molecule has 3 nitrogen and oxygen atoms in total. The first-order valence-electron chi connectivity index (χ1n) is 7.53. The van der Waals surface area contributed by atoms with Gasteiger partial charge in [-0.05, 0) is 25.7 Å². The van der Waals surface area contributed by atoms with Gasteiger partial charge in [-0.25, -0.2) is 4.98 Å². The van der Waals surface area contributed by atoms with Crippen molar-refractivity contribution in [3.8, 4) is 0 Å². The van der Waals surface area contributed by atoms with Crippen LogP contribution in [-0.4, -0.2) is 36.2 Å². The van der Waals surface area contributed by atoms with Crippen molar-refractivity contribution in [3.05, 3.63) is 16.1 Å². The van der Waals surface area contributed by atoms with Crippen molar-refractivity contribution < 1.29 is 4.74 Å². The topological polar surface area (TPSA) is 25.4 Å². The van der Waals surface area contributed by atoms with Gasteiger partial charge < -0.3 is 4.74 Å². The molecule has 0 unspecified atom stereocenters. The lowest BCUT2D eigenvalue weighted by Gasteiger charge is -2.42. The van der Waals surface area contributed by atoms with Crippen LogP contribution in [0.1, 0.15) is 43.3 Å². The Hall–Kier alpha value is -0.450. The van der Waals surface area contributed by atoms with Crippen LogP contribution in [0.5, 0.6) is 0 Å². The molecular weight excluding hydrogens is 256 g/mol. The molecule has 0 atom stereocenters. The lowest BCUT2D eigenvalue weighted by atomic mass is 9.69. The number of aromatic nitrogens is 1. The van der Waals surface area contributed by atoms with Crippen molar-refractivity contribution >= 4 is 11.3 Å². The molecule has 3 rings (SSSR count). The zero-order chi connectivity index (χ0) is 13.1. The van der Waals surface area contributed by atoms with Crippen molar-refractivity contribution in [2.45, 2.75) is 45.6 Å². The van der Waals surface area contributed by atoms with Crippen LogP contribution in [0, 0.1) is 5.41 Å². The number of thiazole rings is 1. The standard InChI is InChI=1S/C15H24N2OS/c1-2-4-14-16-13(10-19-14)9-17-7-8-18-12-15(11-17)5-3-6-15/h10H,2-9,11-12H2,1H3. The molecule has 1 spiro atoms. The van der Waals surface area contributed by atoms with Crippen LogP contribution in [-0.2, 0) is 17.7 Å². The summed E-state index contributed by atoms with van der Waals surface area (Å²) < 4.78 is 5.80. The second-order valence-electron chi connectivity index (χ2n) is 6.10. The normalized spacial score (nSPS) is 23.2. The number of hydrogen-bond donors (Lipinski definition) is 0. The Morgan fingerprint density at radius 1 is 1.47 bits per heavy atom. The Labute approximate surface area is 120 Å². The number of aryl methyl sites for hydroxylation is 1. The summed E-state index contributed by atoms with van der Waals surface area (Å²) in [4.78, 5) is 7.30. The Balaban J connectivity index is 1.60. The lowest BCUT2D eigenvalue weighted by Crippen LogP contribution is -2.43. The Morgan fingerprint density at radius 2 is 2.37 bits per heavy atom. The van der Waals surface area contributed by atoms with Gasteiger partial charge in [0.05, 0.1) is 23.9 Å². The van der Waals surface area contributed by atoms with Gasteiger partial charge in [-0.15, -0.1) is 11.3 Å². The molecular formula is C15H24N2OS. The second-order valence-corrected chi connectivity index (χ2v) is 7.04. The Morgan fingerprint density at radius 3 is 3.11 bits per heavy atom. The molecule has 0 N–H and O–H groups in total. The predicted molar refractivity (Wildman–Crippen MR) is 78.5 cm³/mol. The van der Waals surface area contributed by atoms with Crippen LogP contribution in [0.3, 0.4) is 0 Å². The molecule has 2 aliphatic rings. The molecule has 19 heavy (non-hydrogen) atoms. The zero-order valence-electron chi connectivity index (χ0n) is 11.9. The van der Waals surface area contributed by atoms with Crippen molar-refractivity contribution in [3.63, 3.8) is 0 Å². The van der Waals surface area contributed by atoms with Gasteiger partial charge in [-0.3, -0.25) is 4.90 Å². The highest BCUT2D eigenvalue weighted by Gasteiger charge is 2.40. The van der Waals surface area contributed by atoms with Gasteiger partial charge in [-0.2, -0.15) is 0 Å². The van der Waals surface area contributed by atoms with Gasteiger partial charge in [0.25, 0.3) is 0 Å². The maximum absolute atomic E-state index is 5.80. The fourth-order valence-corrected chi connectivity index (χ4v) is 4.07. The molecule has 106 valence electrons. The van der Waals surface area contributed by atoms with Gasteiger partial charge in [0, 0.05) is 30.4 Å². The number of ether oxygens (including phenoxy) is 1. The van der Waals surface area contributed by atoms with Crippen molar-refractivity contribution in [1.29, 1.82) is 0 Å². The van der Waals surface area contributed by atoms with E-state index < -0.39 is 0 Å². The fourth-order valence-electron chi connectivity index (χ4n) is 3.17. The van der Waals surface area contributed by atoms with Crippen LogP contribution < -0.4 is 0 Å². The highest BCUT2D eigenvalue weighted by Crippen LogP contribution is 2.42. The molecule has 1 saturated carbocycles. The van der Waals surface area contributed by atoms with E-state index in [1.165, 1.54) is 42.9 Å². The van der Waals surface area contributed by atoms with Gasteiger partial charge in [0.15, 0.2) is 0 Å². The Kier molecular flexibility index (Phi) is 4.20. The molecule has 0 amide bonds. The molecule has 1 aromatic rings. The summed E-state index contributed by atoms with van der Waals surface area (Å²) in [6.07, 6.45) is 6.39. The SMILES string of the molecule is CCCc1nc(CN2CCOCC3(CCC3)C2)cs1. The molecule has 0 bridgehead atoms. The van der Waals surface area contributed by atoms with Crippen LogP contribution in [0.25, 0.3) is 0 Å². The highest BCUT2D eigenvalue weighted by molar-refractivity contribution is 7.09. The van der Waals surface area contributed by atoms with E-state index in [1.807, 2.05) is 11.3 Å². The maximum Gasteiger partial charge on any atom is 0.0928 e. The lowest BCUT2D eigenvalue weighted by molar-refractivity contribution is 0.00947. The smallest absolute Gasteiger partial charge is 0.0928 e. The van der Waals surface area contributed by atoms with Crippen molar-refractivity contribution in [1.82, 2.24) is 9.88 Å². The van der Waals surface area contributed by atoms with E-state index in [9.17, 15) is 0 Å². The first kappa shape index (κ1) is 13.5. The molecule has 2 heterocycles. The first-order chi connectivity index (χ1) is 9.30. The fraction of sp³-hybridized carbons (Fsp3) is 0.800. The van der Waals surface area contributed by atoms with Crippen molar-refractivity contribution in [2.75, 3.05) is 26.3 Å². The van der Waals surface area contributed by atoms with E-state index in [-0.39, 0.29) is 0 Å².